The Balaban J connectivity index is 0.741. The molecule has 5 heterocycles. The number of hydrogen-bond donors (Lipinski definition) is 4. The predicted molar refractivity (Wildman–Crippen MR) is 257 cm³/mol. The van der Waals surface area contributed by atoms with E-state index in [-0.39, 0.29) is 35.1 Å². The van der Waals surface area contributed by atoms with Gasteiger partial charge in [-0.05, 0) is 80.1 Å². The van der Waals surface area contributed by atoms with E-state index in [1.807, 2.05) is 29.2 Å². The van der Waals surface area contributed by atoms with E-state index in [9.17, 15) is 23.7 Å². The van der Waals surface area contributed by atoms with Crippen molar-refractivity contribution in [2.24, 2.45) is 0 Å². The molecule has 3 saturated heterocycles. The first-order valence-corrected chi connectivity index (χ1v) is 24.7. The molecule has 3 aromatic carbocycles. The lowest BCUT2D eigenvalue weighted by atomic mass is 10.0. The molecule has 4 aliphatic rings. The van der Waals surface area contributed by atoms with Crippen LogP contribution in [0.2, 0.25) is 5.02 Å². The summed E-state index contributed by atoms with van der Waals surface area (Å²) in [6.45, 7) is 6.16. The molecule has 4 aliphatic heterocycles. The SMILES string of the molecule is COc1cc(N2CCC(N3CCN(C(=O)CCCCCNc4ccc5c(c4)CN(C4CCC(=O)NC4=O)C5=O)CC3)CC2)ccc1Nc1ncc(Cl)c(Nc2ccccc2P(=O)(OC)OC)n1. The number of para-hydroxylation sites is 1. The van der Waals surface area contributed by atoms with Crippen LogP contribution in [0.3, 0.4) is 0 Å². The summed E-state index contributed by atoms with van der Waals surface area (Å²) in [7, 11) is 0.718. The molecule has 1 unspecified atom stereocenters. The van der Waals surface area contributed by atoms with E-state index in [2.05, 4.69) is 47.1 Å². The van der Waals surface area contributed by atoms with Crippen molar-refractivity contribution < 1.29 is 37.5 Å². The maximum absolute atomic E-state index is 13.2. The molecule has 18 nitrogen and oxygen atoms in total. The third kappa shape index (κ3) is 11.0. The highest BCUT2D eigenvalue weighted by Gasteiger charge is 2.39. The second kappa shape index (κ2) is 21.5. The highest BCUT2D eigenvalue weighted by Crippen LogP contribution is 2.47. The van der Waals surface area contributed by atoms with Crippen molar-refractivity contribution in [3.05, 3.63) is 83.0 Å². The van der Waals surface area contributed by atoms with Gasteiger partial charge >= 0.3 is 7.60 Å². The first kappa shape index (κ1) is 47.7. The number of amides is 4. The van der Waals surface area contributed by atoms with E-state index in [4.69, 9.17) is 25.4 Å². The Labute approximate surface area is 395 Å². The number of methoxy groups -OCH3 is 1. The Morgan fingerprint density at radius 1 is 0.881 bits per heavy atom. The smallest absolute Gasteiger partial charge is 0.362 e. The van der Waals surface area contributed by atoms with Crippen molar-refractivity contribution in [3.63, 3.8) is 0 Å². The first-order valence-electron chi connectivity index (χ1n) is 22.8. The Bertz CT molecular complexity index is 2510. The number of carbonyl (C=O) groups excluding carboxylic acids is 4. The number of anilines is 6. The van der Waals surface area contributed by atoms with Crippen LogP contribution >= 0.6 is 19.2 Å². The maximum Gasteiger partial charge on any atom is 0.362 e. The Hall–Kier alpha value is -5.78. The van der Waals surface area contributed by atoms with Crippen LogP contribution in [0.1, 0.15) is 67.3 Å². The summed E-state index contributed by atoms with van der Waals surface area (Å²) in [5.74, 6) is 0.550. The molecule has 3 fully saturated rings. The second-order valence-electron chi connectivity index (χ2n) is 17.0. The van der Waals surface area contributed by atoms with Crippen molar-refractivity contribution in [1.29, 1.82) is 0 Å². The van der Waals surface area contributed by atoms with Crippen molar-refractivity contribution >= 4 is 82.6 Å². The van der Waals surface area contributed by atoms with Gasteiger partial charge in [0.25, 0.3) is 5.91 Å². The van der Waals surface area contributed by atoms with Gasteiger partial charge in [-0.2, -0.15) is 4.98 Å². The number of hydrogen-bond acceptors (Lipinski definition) is 15. The van der Waals surface area contributed by atoms with Gasteiger partial charge < -0.3 is 44.4 Å². The van der Waals surface area contributed by atoms with Crippen LogP contribution in [0.5, 0.6) is 5.75 Å². The van der Waals surface area contributed by atoms with E-state index >= 15 is 0 Å². The molecule has 0 spiro atoms. The Kier molecular flexibility index (Phi) is 15.3. The Morgan fingerprint density at radius 3 is 2.40 bits per heavy atom. The number of unbranched alkanes of at least 4 members (excludes halogenated alkanes) is 2. The zero-order chi connectivity index (χ0) is 47.1. The van der Waals surface area contributed by atoms with E-state index in [1.165, 1.54) is 20.4 Å². The predicted octanol–water partition coefficient (Wildman–Crippen LogP) is 6.28. The summed E-state index contributed by atoms with van der Waals surface area (Å²) in [5, 5.41) is 12.8. The molecule has 1 aromatic heterocycles. The topological polar surface area (TPSA) is 200 Å². The zero-order valence-corrected chi connectivity index (χ0v) is 39.7. The summed E-state index contributed by atoms with van der Waals surface area (Å²) in [6, 6.07) is 18.4. The molecule has 0 saturated carbocycles. The molecule has 1 atom stereocenters. The fourth-order valence-electron chi connectivity index (χ4n) is 9.31. The standard InChI is InChI=1S/C47H58ClN10O8P/c1-64-40-28-34(13-15-37(40)52-47-50-29-36(48)44(54-47)51-38-9-6-7-10-41(38)67(63,65-2)66-3)55-21-18-33(19-22-55)56-23-25-57(26-24-56)43(60)11-5-4-8-20-49-32-12-14-35-31(27-32)30-58(46(35)62)39-16-17-42(59)53-45(39)61/h6-7,9-10,12-15,27-29,33,39,49H,4-5,8,11,16-26,30H2,1-3H3,(H,53,59,61)(H2,50,51,52,54). The van der Waals surface area contributed by atoms with Crippen LogP contribution in [-0.4, -0.2) is 128 Å². The van der Waals surface area contributed by atoms with E-state index in [0.717, 1.165) is 94.9 Å². The summed E-state index contributed by atoms with van der Waals surface area (Å²) < 4.78 is 29.5. The van der Waals surface area contributed by atoms with Gasteiger partial charge in [0, 0.05) is 108 Å². The van der Waals surface area contributed by atoms with Gasteiger partial charge in [0.15, 0.2) is 5.82 Å². The van der Waals surface area contributed by atoms with Gasteiger partial charge in [0.2, 0.25) is 23.7 Å². The number of aromatic nitrogens is 2. The van der Waals surface area contributed by atoms with Crippen molar-refractivity contribution in [3.8, 4) is 5.75 Å². The first-order chi connectivity index (χ1) is 32.5. The monoisotopic (exact) mass is 956 g/mol. The van der Waals surface area contributed by atoms with Crippen LogP contribution in [0, 0.1) is 0 Å². The Morgan fingerprint density at radius 2 is 1.66 bits per heavy atom. The van der Waals surface area contributed by atoms with Gasteiger partial charge in [0.05, 0.1) is 30.0 Å². The molecular weight excluding hydrogens is 899 g/mol. The summed E-state index contributed by atoms with van der Waals surface area (Å²) >= 11 is 6.49. The van der Waals surface area contributed by atoms with Crippen LogP contribution in [0.4, 0.5) is 34.5 Å². The molecule has 67 heavy (non-hydrogen) atoms. The van der Waals surface area contributed by atoms with Crippen LogP contribution in [0.15, 0.2) is 66.9 Å². The number of halogens is 1. The number of imide groups is 1. The molecule has 4 amide bonds. The molecule has 8 rings (SSSR count). The lowest BCUT2D eigenvalue weighted by molar-refractivity contribution is -0.137. The van der Waals surface area contributed by atoms with Gasteiger partial charge in [-0.1, -0.05) is 30.2 Å². The van der Waals surface area contributed by atoms with E-state index in [1.54, 1.807) is 42.3 Å². The highest BCUT2D eigenvalue weighted by molar-refractivity contribution is 7.62. The average Bonchev–Trinajstić information content (AvgIpc) is 3.68. The normalized spacial score (nSPS) is 18.2. The lowest BCUT2D eigenvalue weighted by Gasteiger charge is -2.43. The number of benzene rings is 3. The number of ether oxygens (including phenoxy) is 1. The summed E-state index contributed by atoms with van der Waals surface area (Å²) in [4.78, 5) is 67.6. The van der Waals surface area contributed by atoms with Crippen molar-refractivity contribution in [1.82, 2.24) is 30.0 Å². The second-order valence-corrected chi connectivity index (χ2v) is 19.7. The molecule has 4 aromatic rings. The molecule has 4 N–H and O–H groups in total. The molecule has 356 valence electrons. The average molecular weight is 957 g/mol. The number of carbonyl (C=O) groups is 4. The third-order valence-electron chi connectivity index (χ3n) is 13.0. The minimum absolute atomic E-state index is 0.177. The molecule has 0 aliphatic carbocycles. The summed E-state index contributed by atoms with van der Waals surface area (Å²) in [5.41, 5.74) is 4.59. The maximum atomic E-state index is 13.2. The number of fused-ring (bicyclic) bond motifs is 1. The van der Waals surface area contributed by atoms with E-state index < -0.39 is 19.5 Å². The number of piperazine rings is 1. The number of rotatable bonds is 18. The van der Waals surface area contributed by atoms with Crippen LogP contribution < -0.4 is 36.2 Å². The zero-order valence-electron chi connectivity index (χ0n) is 38.1. The largest absolute Gasteiger partial charge is 0.494 e. The van der Waals surface area contributed by atoms with Crippen molar-refractivity contribution in [2.45, 2.75) is 70.0 Å². The lowest BCUT2D eigenvalue weighted by Crippen LogP contribution is -2.54. The minimum atomic E-state index is -3.57. The molecule has 0 bridgehead atoms. The van der Waals surface area contributed by atoms with Gasteiger partial charge in [-0.3, -0.25) is 34.0 Å². The number of nitrogens with zero attached hydrogens (tertiary/aromatic N) is 6. The molecule has 20 heteroatoms. The quantitative estimate of drug-likeness (QED) is 0.0493. The molecule has 0 radical (unpaired) electrons. The van der Waals surface area contributed by atoms with Gasteiger partial charge in [-0.15, -0.1) is 0 Å². The fourth-order valence-corrected chi connectivity index (χ4v) is 10.7. The third-order valence-corrected chi connectivity index (χ3v) is 15.3. The number of piperidine rings is 2. The van der Waals surface area contributed by atoms with E-state index in [0.29, 0.717) is 59.2 Å². The van der Waals surface area contributed by atoms with Gasteiger partial charge in [-0.25, -0.2) is 4.98 Å². The van der Waals surface area contributed by atoms with Crippen molar-refractivity contribution in [2.75, 3.05) is 88.0 Å². The fraction of sp³-hybridized carbons (Fsp3) is 0.447. The van der Waals surface area contributed by atoms with Crippen LogP contribution in [0.25, 0.3) is 0 Å². The van der Waals surface area contributed by atoms with Crippen LogP contribution in [-0.2, 0) is 34.5 Å². The van der Waals surface area contributed by atoms with Gasteiger partial charge in [0.1, 0.15) is 16.8 Å². The molecular formula is C47H58ClN10O8P. The highest BCUT2D eigenvalue weighted by atomic mass is 35.5. The number of nitrogens with one attached hydrogen (secondary N) is 4. The minimum Gasteiger partial charge on any atom is -0.494 e. The summed E-state index contributed by atoms with van der Waals surface area (Å²) in [6.07, 6.45) is 7.32.